The van der Waals surface area contributed by atoms with Gasteiger partial charge in [-0.2, -0.15) is 5.26 Å². The zero-order chi connectivity index (χ0) is 21.4. The van der Waals surface area contributed by atoms with Crippen molar-refractivity contribution in [2.45, 2.75) is 96.9 Å². The molecule has 2 N–H and O–H groups in total. The first-order valence-electron chi connectivity index (χ1n) is 12.3. The number of piperidine rings is 1. The van der Waals surface area contributed by atoms with Gasteiger partial charge in [0.25, 0.3) is 0 Å². The second-order valence-corrected chi connectivity index (χ2v) is 11.1. The van der Waals surface area contributed by atoms with E-state index in [0.717, 1.165) is 37.5 Å². The summed E-state index contributed by atoms with van der Waals surface area (Å²) in [6, 6.07) is 2.38. The summed E-state index contributed by atoms with van der Waals surface area (Å²) >= 11 is 0. The average Bonchev–Trinajstić information content (AvgIpc) is 3.12. The van der Waals surface area contributed by atoms with Crippen LogP contribution in [-0.2, 0) is 9.59 Å². The van der Waals surface area contributed by atoms with Crippen molar-refractivity contribution in [3.05, 3.63) is 0 Å². The zero-order valence-corrected chi connectivity index (χ0v) is 18.8. The highest BCUT2D eigenvalue weighted by atomic mass is 16.2. The summed E-state index contributed by atoms with van der Waals surface area (Å²) in [5, 5.41) is 14.9. The molecular formula is C25H39N3O2. The molecule has 1 saturated heterocycles. The molecule has 2 amide bonds. The van der Waals surface area contributed by atoms with Gasteiger partial charge in [0, 0.05) is 19.0 Å². The van der Waals surface area contributed by atoms with E-state index in [0.29, 0.717) is 30.7 Å². The van der Waals surface area contributed by atoms with Crippen molar-refractivity contribution in [3.63, 3.8) is 0 Å². The fraction of sp³-hybridized carbons (Fsp3) is 0.880. The lowest BCUT2D eigenvalue weighted by Crippen LogP contribution is -2.64. The maximum atomic E-state index is 12.9. The molecule has 3 aliphatic carbocycles. The molecule has 0 aromatic rings. The minimum Gasteiger partial charge on any atom is -0.355 e. The molecule has 1 aliphatic heterocycles. The summed E-state index contributed by atoms with van der Waals surface area (Å²) < 4.78 is 0. The Kier molecular flexibility index (Phi) is 6.15. The highest BCUT2D eigenvalue weighted by Crippen LogP contribution is 2.64. The van der Waals surface area contributed by atoms with Crippen molar-refractivity contribution in [2.75, 3.05) is 6.54 Å². The summed E-state index contributed by atoms with van der Waals surface area (Å²) in [6.45, 7) is 5.49. The van der Waals surface area contributed by atoms with Crippen molar-refractivity contribution < 1.29 is 9.59 Å². The molecule has 7 atom stereocenters. The molecule has 0 aromatic carbocycles. The Hall–Kier alpha value is -1.57. The first-order valence-corrected chi connectivity index (χ1v) is 12.3. The molecule has 5 nitrogen and oxygen atoms in total. The number of unbranched alkanes of at least 4 members (excludes halogenated alkanes) is 3. The monoisotopic (exact) mass is 413 g/mol. The van der Waals surface area contributed by atoms with Gasteiger partial charge in [0.2, 0.25) is 11.8 Å². The van der Waals surface area contributed by atoms with Gasteiger partial charge >= 0.3 is 0 Å². The maximum absolute atomic E-state index is 12.9. The lowest BCUT2D eigenvalue weighted by atomic mass is 9.47. The van der Waals surface area contributed by atoms with Gasteiger partial charge in [-0.05, 0) is 86.4 Å². The maximum Gasteiger partial charge on any atom is 0.232 e. The van der Waals surface area contributed by atoms with Crippen LogP contribution in [0.3, 0.4) is 0 Å². The Bertz CT molecular complexity index is 716. The number of nitrogens with zero attached hydrogens (tertiary/aromatic N) is 1. The quantitative estimate of drug-likeness (QED) is 0.502. The third kappa shape index (κ3) is 3.76. The van der Waals surface area contributed by atoms with Crippen molar-refractivity contribution in [1.29, 1.82) is 5.26 Å². The van der Waals surface area contributed by atoms with Gasteiger partial charge in [0.1, 0.15) is 5.92 Å². The normalized spacial score (nSPS) is 42.3. The number of nitrogens with one attached hydrogen (secondary N) is 2. The third-order valence-corrected chi connectivity index (χ3v) is 9.51. The molecule has 2 unspecified atom stereocenters. The van der Waals surface area contributed by atoms with E-state index in [2.05, 4.69) is 30.6 Å². The number of nitriles is 1. The molecule has 3 saturated carbocycles. The lowest BCUT2D eigenvalue weighted by molar-refractivity contribution is -0.150. The number of rotatable bonds is 6. The van der Waals surface area contributed by atoms with E-state index in [1.165, 1.54) is 38.5 Å². The molecule has 30 heavy (non-hydrogen) atoms. The minimum atomic E-state index is -0.555. The van der Waals surface area contributed by atoms with E-state index in [1.54, 1.807) is 0 Å². The topological polar surface area (TPSA) is 82.0 Å². The molecule has 4 aliphatic rings. The zero-order valence-electron chi connectivity index (χ0n) is 18.8. The van der Waals surface area contributed by atoms with Crippen molar-refractivity contribution >= 4 is 11.8 Å². The fourth-order valence-electron chi connectivity index (χ4n) is 7.84. The Balaban J connectivity index is 1.41. The van der Waals surface area contributed by atoms with Crippen LogP contribution < -0.4 is 10.6 Å². The van der Waals surface area contributed by atoms with Gasteiger partial charge < -0.3 is 10.6 Å². The summed E-state index contributed by atoms with van der Waals surface area (Å²) in [5.41, 5.74) is 0.570. The fourth-order valence-corrected chi connectivity index (χ4v) is 7.84. The smallest absolute Gasteiger partial charge is 0.232 e. The molecule has 5 heteroatoms. The van der Waals surface area contributed by atoms with Gasteiger partial charge in [-0.1, -0.05) is 26.7 Å². The van der Waals surface area contributed by atoms with Crippen LogP contribution in [0.2, 0.25) is 0 Å². The molecule has 0 bridgehead atoms. The SMILES string of the molecule is C[C@@]12CCC[C@H]1[C@@H]1CCC3NC(=O)C(C(=O)NCCCCCC#N)C[C@]3(C)[C@@H]1CC2. The second kappa shape index (κ2) is 8.52. The van der Waals surface area contributed by atoms with E-state index in [1.807, 2.05) is 0 Å². The van der Waals surface area contributed by atoms with E-state index in [9.17, 15) is 9.59 Å². The number of carbonyl (C=O) groups is 2. The van der Waals surface area contributed by atoms with Crippen LogP contribution in [0, 0.1) is 45.8 Å². The van der Waals surface area contributed by atoms with E-state index < -0.39 is 5.92 Å². The van der Waals surface area contributed by atoms with E-state index >= 15 is 0 Å². The Morgan fingerprint density at radius 1 is 1.13 bits per heavy atom. The van der Waals surface area contributed by atoms with Crippen LogP contribution in [0.25, 0.3) is 0 Å². The van der Waals surface area contributed by atoms with Crippen molar-refractivity contribution in [1.82, 2.24) is 10.6 Å². The molecule has 4 rings (SSSR count). The summed E-state index contributed by atoms with van der Waals surface area (Å²) in [5.74, 6) is 1.52. The molecule has 0 radical (unpaired) electrons. The first kappa shape index (κ1) is 21.7. The van der Waals surface area contributed by atoms with Gasteiger partial charge in [0.05, 0.1) is 6.07 Å². The summed E-state index contributed by atoms with van der Waals surface area (Å²) in [6.07, 6.45) is 13.0. The summed E-state index contributed by atoms with van der Waals surface area (Å²) in [4.78, 5) is 25.7. The molecule has 166 valence electrons. The predicted octanol–water partition coefficient (Wildman–Crippen LogP) is 4.32. The Morgan fingerprint density at radius 3 is 2.77 bits per heavy atom. The van der Waals surface area contributed by atoms with Crippen LogP contribution in [0.15, 0.2) is 0 Å². The highest BCUT2D eigenvalue weighted by molar-refractivity contribution is 6.01. The second-order valence-electron chi connectivity index (χ2n) is 11.1. The highest BCUT2D eigenvalue weighted by Gasteiger charge is 2.59. The van der Waals surface area contributed by atoms with Crippen LogP contribution in [0.4, 0.5) is 0 Å². The van der Waals surface area contributed by atoms with Gasteiger partial charge in [-0.15, -0.1) is 0 Å². The third-order valence-electron chi connectivity index (χ3n) is 9.51. The van der Waals surface area contributed by atoms with Gasteiger partial charge in [0.15, 0.2) is 0 Å². The predicted molar refractivity (Wildman–Crippen MR) is 116 cm³/mol. The number of fused-ring (bicyclic) bond motifs is 5. The number of carbonyl (C=O) groups excluding carboxylic acids is 2. The van der Waals surface area contributed by atoms with Crippen LogP contribution in [0.5, 0.6) is 0 Å². The average molecular weight is 414 g/mol. The van der Waals surface area contributed by atoms with E-state index in [4.69, 9.17) is 5.26 Å². The number of hydrogen-bond donors (Lipinski definition) is 2. The summed E-state index contributed by atoms with van der Waals surface area (Å²) in [7, 11) is 0. The molecule has 4 fully saturated rings. The Morgan fingerprint density at radius 2 is 1.97 bits per heavy atom. The first-order chi connectivity index (χ1) is 14.4. The number of hydrogen-bond acceptors (Lipinski definition) is 3. The number of amides is 2. The van der Waals surface area contributed by atoms with Crippen LogP contribution >= 0.6 is 0 Å². The van der Waals surface area contributed by atoms with Gasteiger partial charge in [-0.25, -0.2) is 0 Å². The lowest BCUT2D eigenvalue weighted by Gasteiger charge is -2.60. The van der Waals surface area contributed by atoms with Crippen LogP contribution in [0.1, 0.15) is 90.9 Å². The molecule has 1 heterocycles. The molecular weight excluding hydrogens is 374 g/mol. The van der Waals surface area contributed by atoms with Crippen molar-refractivity contribution in [2.24, 2.45) is 34.5 Å². The van der Waals surface area contributed by atoms with Crippen LogP contribution in [-0.4, -0.2) is 24.4 Å². The molecule has 0 spiro atoms. The Labute approximate surface area is 181 Å². The van der Waals surface area contributed by atoms with E-state index in [-0.39, 0.29) is 23.3 Å². The largest absolute Gasteiger partial charge is 0.355 e. The standard InChI is InChI=1S/C25H39N3O2/c1-24-12-7-8-19(24)17-9-10-21-25(2,20(17)11-13-24)16-18(23(30)28-21)22(29)27-15-6-4-3-5-14-26/h17-21H,3-13,15-16H2,1-2H3,(H,27,29)(H,28,30)/t17-,18?,19-,20+,21?,24-,25+/m0/s1. The van der Waals surface area contributed by atoms with Gasteiger partial charge in [-0.3, -0.25) is 9.59 Å². The minimum absolute atomic E-state index is 0.0373. The van der Waals surface area contributed by atoms with Crippen molar-refractivity contribution in [3.8, 4) is 6.07 Å². The molecule has 0 aromatic heterocycles.